The zero-order valence-electron chi connectivity index (χ0n) is 8.58. The van der Waals surface area contributed by atoms with E-state index in [4.69, 9.17) is 5.26 Å². The SMILES string of the molecule is CC(C#N)NCCC1CCN(C)C1. The molecule has 0 aromatic rings. The first-order valence-corrected chi connectivity index (χ1v) is 5.04. The Hall–Kier alpha value is -0.590. The van der Waals surface area contributed by atoms with Gasteiger partial charge < -0.3 is 10.2 Å². The summed E-state index contributed by atoms with van der Waals surface area (Å²) >= 11 is 0. The van der Waals surface area contributed by atoms with Crippen molar-refractivity contribution in [3.8, 4) is 6.07 Å². The summed E-state index contributed by atoms with van der Waals surface area (Å²) in [6, 6.07) is 2.18. The van der Waals surface area contributed by atoms with E-state index in [0.717, 1.165) is 12.5 Å². The molecule has 0 spiro atoms. The standard InChI is InChI=1S/C10H19N3/c1-9(7-11)12-5-3-10-4-6-13(2)8-10/h9-10,12H,3-6,8H2,1-2H3. The van der Waals surface area contributed by atoms with Gasteiger partial charge in [0.2, 0.25) is 0 Å². The average molecular weight is 181 g/mol. The van der Waals surface area contributed by atoms with Crippen LogP contribution in [0.5, 0.6) is 0 Å². The number of rotatable bonds is 4. The average Bonchev–Trinajstić information content (AvgIpc) is 2.51. The number of hydrogen-bond donors (Lipinski definition) is 1. The van der Waals surface area contributed by atoms with Gasteiger partial charge in [0, 0.05) is 6.54 Å². The van der Waals surface area contributed by atoms with Crippen LogP contribution in [-0.2, 0) is 0 Å². The predicted octanol–water partition coefficient (Wildman–Crippen LogP) is 0.830. The van der Waals surface area contributed by atoms with Gasteiger partial charge in [-0.25, -0.2) is 0 Å². The molecule has 0 amide bonds. The maximum Gasteiger partial charge on any atom is 0.0924 e. The van der Waals surface area contributed by atoms with Gasteiger partial charge in [-0.2, -0.15) is 5.26 Å². The van der Waals surface area contributed by atoms with Gasteiger partial charge in [0.25, 0.3) is 0 Å². The Morgan fingerprint density at radius 3 is 3.00 bits per heavy atom. The Labute approximate surface area is 80.7 Å². The van der Waals surface area contributed by atoms with Gasteiger partial charge in [0.15, 0.2) is 0 Å². The Morgan fingerprint density at radius 2 is 2.46 bits per heavy atom. The summed E-state index contributed by atoms with van der Waals surface area (Å²) in [5.74, 6) is 0.836. The zero-order chi connectivity index (χ0) is 9.68. The summed E-state index contributed by atoms with van der Waals surface area (Å²) in [6.45, 7) is 5.34. The van der Waals surface area contributed by atoms with Crippen molar-refractivity contribution in [1.82, 2.24) is 10.2 Å². The highest BCUT2D eigenvalue weighted by molar-refractivity contribution is 4.85. The fraction of sp³-hybridized carbons (Fsp3) is 0.900. The minimum absolute atomic E-state index is 0.000803. The molecule has 2 atom stereocenters. The lowest BCUT2D eigenvalue weighted by Gasteiger charge is -2.11. The van der Waals surface area contributed by atoms with Crippen molar-refractivity contribution in [2.75, 3.05) is 26.7 Å². The molecule has 1 fully saturated rings. The molecule has 2 unspecified atom stereocenters. The van der Waals surface area contributed by atoms with Crippen molar-refractivity contribution in [2.45, 2.75) is 25.8 Å². The second-order valence-corrected chi connectivity index (χ2v) is 4.01. The van der Waals surface area contributed by atoms with Crippen LogP contribution >= 0.6 is 0 Å². The van der Waals surface area contributed by atoms with E-state index in [-0.39, 0.29) is 6.04 Å². The smallest absolute Gasteiger partial charge is 0.0924 e. The monoisotopic (exact) mass is 181 g/mol. The van der Waals surface area contributed by atoms with Gasteiger partial charge in [-0.05, 0) is 45.8 Å². The molecule has 0 aromatic heterocycles. The summed E-state index contributed by atoms with van der Waals surface area (Å²) < 4.78 is 0. The van der Waals surface area contributed by atoms with Gasteiger partial charge in [-0.1, -0.05) is 0 Å². The van der Waals surface area contributed by atoms with E-state index < -0.39 is 0 Å². The Morgan fingerprint density at radius 1 is 1.69 bits per heavy atom. The van der Waals surface area contributed by atoms with E-state index in [9.17, 15) is 0 Å². The summed E-state index contributed by atoms with van der Waals surface area (Å²) in [6.07, 6.45) is 2.52. The minimum Gasteiger partial charge on any atom is -0.306 e. The first-order chi connectivity index (χ1) is 6.22. The van der Waals surface area contributed by atoms with E-state index in [1.807, 2.05) is 6.92 Å². The molecule has 13 heavy (non-hydrogen) atoms. The second-order valence-electron chi connectivity index (χ2n) is 4.01. The summed E-state index contributed by atoms with van der Waals surface area (Å²) in [4.78, 5) is 2.37. The van der Waals surface area contributed by atoms with Crippen LogP contribution in [0.3, 0.4) is 0 Å². The molecule has 1 aliphatic heterocycles. The van der Waals surface area contributed by atoms with Crippen molar-refractivity contribution in [1.29, 1.82) is 5.26 Å². The first-order valence-electron chi connectivity index (χ1n) is 5.04. The highest BCUT2D eigenvalue weighted by Gasteiger charge is 2.18. The molecule has 0 radical (unpaired) electrons. The van der Waals surface area contributed by atoms with Crippen LogP contribution in [0, 0.1) is 17.2 Å². The fourth-order valence-electron chi connectivity index (χ4n) is 1.81. The molecule has 0 aliphatic carbocycles. The van der Waals surface area contributed by atoms with Crippen LogP contribution < -0.4 is 5.32 Å². The third-order valence-electron chi connectivity index (χ3n) is 2.69. The van der Waals surface area contributed by atoms with Crippen molar-refractivity contribution in [3.05, 3.63) is 0 Å². The lowest BCUT2D eigenvalue weighted by molar-refractivity contribution is 0.384. The Kier molecular flexibility index (Phi) is 4.20. The molecule has 1 rings (SSSR count). The summed E-state index contributed by atoms with van der Waals surface area (Å²) in [5, 5.41) is 11.7. The largest absolute Gasteiger partial charge is 0.306 e. The molecule has 0 bridgehead atoms. The van der Waals surface area contributed by atoms with E-state index in [2.05, 4.69) is 23.3 Å². The number of hydrogen-bond acceptors (Lipinski definition) is 3. The van der Waals surface area contributed by atoms with Gasteiger partial charge in [-0.15, -0.1) is 0 Å². The molecule has 0 saturated carbocycles. The molecule has 1 saturated heterocycles. The van der Waals surface area contributed by atoms with Gasteiger partial charge >= 0.3 is 0 Å². The van der Waals surface area contributed by atoms with Gasteiger partial charge in [0.05, 0.1) is 12.1 Å². The quantitative estimate of drug-likeness (QED) is 0.698. The van der Waals surface area contributed by atoms with E-state index in [0.29, 0.717) is 0 Å². The highest BCUT2D eigenvalue weighted by Crippen LogP contribution is 2.16. The number of nitrogens with one attached hydrogen (secondary N) is 1. The van der Waals surface area contributed by atoms with Gasteiger partial charge in [-0.3, -0.25) is 0 Å². The summed E-state index contributed by atoms with van der Waals surface area (Å²) in [7, 11) is 2.17. The van der Waals surface area contributed by atoms with Crippen LogP contribution in [-0.4, -0.2) is 37.6 Å². The minimum atomic E-state index is -0.000803. The van der Waals surface area contributed by atoms with Crippen LogP contribution in [0.1, 0.15) is 19.8 Å². The molecule has 3 heteroatoms. The molecule has 3 nitrogen and oxygen atoms in total. The van der Waals surface area contributed by atoms with Crippen molar-refractivity contribution < 1.29 is 0 Å². The third kappa shape index (κ3) is 3.75. The lowest BCUT2D eigenvalue weighted by atomic mass is 10.1. The number of likely N-dealkylation sites (tertiary alicyclic amines) is 1. The van der Waals surface area contributed by atoms with Gasteiger partial charge in [0.1, 0.15) is 0 Å². The molecule has 0 aromatic carbocycles. The molecular weight excluding hydrogens is 162 g/mol. The van der Waals surface area contributed by atoms with Crippen LogP contribution in [0.15, 0.2) is 0 Å². The maximum atomic E-state index is 8.55. The van der Waals surface area contributed by atoms with Crippen molar-refractivity contribution in [3.63, 3.8) is 0 Å². The molecule has 1 heterocycles. The lowest BCUT2D eigenvalue weighted by Crippen LogP contribution is -2.27. The Balaban J connectivity index is 2.04. The third-order valence-corrected chi connectivity index (χ3v) is 2.69. The molecule has 1 aliphatic rings. The second kappa shape index (κ2) is 5.21. The van der Waals surface area contributed by atoms with Crippen LogP contribution in [0.2, 0.25) is 0 Å². The van der Waals surface area contributed by atoms with E-state index in [1.165, 1.54) is 25.9 Å². The highest BCUT2D eigenvalue weighted by atomic mass is 15.1. The fourth-order valence-corrected chi connectivity index (χ4v) is 1.81. The molecule has 1 N–H and O–H groups in total. The normalized spacial score (nSPS) is 25.8. The number of nitriles is 1. The van der Waals surface area contributed by atoms with E-state index >= 15 is 0 Å². The predicted molar refractivity (Wildman–Crippen MR) is 53.3 cm³/mol. The molecular formula is C10H19N3. The zero-order valence-corrected chi connectivity index (χ0v) is 8.58. The van der Waals surface area contributed by atoms with Crippen molar-refractivity contribution in [2.24, 2.45) is 5.92 Å². The summed E-state index contributed by atoms with van der Waals surface area (Å²) in [5.41, 5.74) is 0. The van der Waals surface area contributed by atoms with Crippen molar-refractivity contribution >= 4 is 0 Å². The topological polar surface area (TPSA) is 39.1 Å². The Bertz CT molecular complexity index is 185. The van der Waals surface area contributed by atoms with E-state index in [1.54, 1.807) is 0 Å². The maximum absolute atomic E-state index is 8.55. The van der Waals surface area contributed by atoms with Crippen LogP contribution in [0.4, 0.5) is 0 Å². The first kappa shape index (κ1) is 10.5. The number of nitrogens with zero attached hydrogens (tertiary/aromatic N) is 2. The van der Waals surface area contributed by atoms with Crippen LogP contribution in [0.25, 0.3) is 0 Å². The molecule has 74 valence electrons.